The maximum atomic E-state index is 4.40. The Bertz CT molecular complexity index is 813. The SMILES string of the molecule is CN(C)C(CNc1ncnc2ccc(Br)cc12)c1cnn(C)c1. The van der Waals surface area contributed by atoms with E-state index < -0.39 is 0 Å². The van der Waals surface area contributed by atoms with Crippen LogP contribution < -0.4 is 5.32 Å². The first-order chi connectivity index (χ1) is 11.0. The highest BCUT2D eigenvalue weighted by molar-refractivity contribution is 9.10. The summed E-state index contributed by atoms with van der Waals surface area (Å²) in [4.78, 5) is 10.9. The van der Waals surface area contributed by atoms with Crippen molar-refractivity contribution in [3.8, 4) is 0 Å². The molecule has 6 nitrogen and oxygen atoms in total. The van der Waals surface area contributed by atoms with E-state index in [9.17, 15) is 0 Å². The number of aromatic nitrogens is 4. The van der Waals surface area contributed by atoms with Crippen LogP contribution in [-0.2, 0) is 7.05 Å². The molecule has 3 rings (SSSR count). The molecule has 0 fully saturated rings. The summed E-state index contributed by atoms with van der Waals surface area (Å²) in [7, 11) is 6.06. The minimum Gasteiger partial charge on any atom is -0.368 e. The van der Waals surface area contributed by atoms with E-state index in [-0.39, 0.29) is 6.04 Å². The summed E-state index contributed by atoms with van der Waals surface area (Å²) in [6, 6.07) is 6.21. The van der Waals surface area contributed by atoms with Gasteiger partial charge in [0.2, 0.25) is 0 Å². The predicted octanol–water partition coefficient (Wildman–Crippen LogP) is 2.84. The number of hydrogen-bond acceptors (Lipinski definition) is 5. The molecule has 1 N–H and O–H groups in total. The van der Waals surface area contributed by atoms with Crippen molar-refractivity contribution in [1.82, 2.24) is 24.6 Å². The molecule has 0 saturated carbocycles. The third kappa shape index (κ3) is 3.51. The largest absolute Gasteiger partial charge is 0.368 e. The van der Waals surface area contributed by atoms with Gasteiger partial charge in [-0.2, -0.15) is 5.10 Å². The number of anilines is 1. The standard InChI is InChI=1S/C16H19BrN6/c1-22(2)15(11-7-21-23(3)9-11)8-18-16-13-6-12(17)4-5-14(13)19-10-20-16/h4-7,9-10,15H,8H2,1-3H3,(H,18,19,20). The molecule has 3 aromatic rings. The number of nitrogens with one attached hydrogen (secondary N) is 1. The molecule has 1 atom stereocenters. The van der Waals surface area contributed by atoms with Crippen LogP contribution in [0.1, 0.15) is 11.6 Å². The van der Waals surface area contributed by atoms with Crippen LogP contribution in [0.4, 0.5) is 5.82 Å². The second-order valence-corrected chi connectivity index (χ2v) is 6.61. The highest BCUT2D eigenvalue weighted by atomic mass is 79.9. The summed E-state index contributed by atoms with van der Waals surface area (Å²) in [5.41, 5.74) is 2.10. The number of likely N-dealkylation sites (N-methyl/N-ethyl adjacent to an activating group) is 1. The van der Waals surface area contributed by atoms with Crippen LogP contribution in [0.3, 0.4) is 0 Å². The monoisotopic (exact) mass is 374 g/mol. The number of rotatable bonds is 5. The van der Waals surface area contributed by atoms with E-state index >= 15 is 0 Å². The number of hydrogen-bond donors (Lipinski definition) is 1. The summed E-state index contributed by atoms with van der Waals surface area (Å²) in [6.07, 6.45) is 5.54. The number of halogens is 1. The Morgan fingerprint density at radius 3 is 2.83 bits per heavy atom. The van der Waals surface area contributed by atoms with Crippen LogP contribution in [0.2, 0.25) is 0 Å². The second kappa shape index (κ2) is 6.64. The van der Waals surface area contributed by atoms with E-state index in [0.717, 1.165) is 27.7 Å². The number of benzene rings is 1. The first kappa shape index (κ1) is 15.9. The summed E-state index contributed by atoms with van der Waals surface area (Å²) < 4.78 is 2.84. The fourth-order valence-electron chi connectivity index (χ4n) is 2.57. The quantitative estimate of drug-likeness (QED) is 0.743. The van der Waals surface area contributed by atoms with Crippen molar-refractivity contribution in [2.24, 2.45) is 7.05 Å². The summed E-state index contributed by atoms with van der Waals surface area (Å²) >= 11 is 3.51. The van der Waals surface area contributed by atoms with Gasteiger partial charge in [0.05, 0.1) is 17.8 Å². The van der Waals surface area contributed by atoms with Crippen LogP contribution in [-0.4, -0.2) is 45.3 Å². The van der Waals surface area contributed by atoms with Crippen LogP contribution in [0, 0.1) is 0 Å². The van der Waals surface area contributed by atoms with Crippen LogP contribution in [0.15, 0.2) is 41.4 Å². The normalized spacial score (nSPS) is 12.7. The maximum absolute atomic E-state index is 4.40. The number of aryl methyl sites for hydroxylation is 1. The Labute approximate surface area is 143 Å². The van der Waals surface area contributed by atoms with Crippen molar-refractivity contribution in [3.05, 3.63) is 47.0 Å². The average Bonchev–Trinajstić information content (AvgIpc) is 2.93. The average molecular weight is 375 g/mol. The van der Waals surface area contributed by atoms with Crippen molar-refractivity contribution < 1.29 is 0 Å². The van der Waals surface area contributed by atoms with Gasteiger partial charge in [-0.25, -0.2) is 9.97 Å². The predicted molar refractivity (Wildman–Crippen MR) is 95.4 cm³/mol. The van der Waals surface area contributed by atoms with Gasteiger partial charge < -0.3 is 10.2 Å². The first-order valence-corrected chi connectivity index (χ1v) is 8.13. The van der Waals surface area contributed by atoms with Gasteiger partial charge in [-0.1, -0.05) is 15.9 Å². The molecule has 0 bridgehead atoms. The zero-order chi connectivity index (χ0) is 16.4. The van der Waals surface area contributed by atoms with Gasteiger partial charge in [0.1, 0.15) is 12.1 Å². The van der Waals surface area contributed by atoms with Gasteiger partial charge in [-0.3, -0.25) is 4.68 Å². The lowest BCUT2D eigenvalue weighted by Gasteiger charge is -2.24. The highest BCUT2D eigenvalue weighted by Crippen LogP contribution is 2.25. The minimum absolute atomic E-state index is 0.209. The molecule has 0 saturated heterocycles. The molecular weight excluding hydrogens is 356 g/mol. The molecule has 0 spiro atoms. The van der Waals surface area contributed by atoms with E-state index in [1.165, 1.54) is 5.56 Å². The highest BCUT2D eigenvalue weighted by Gasteiger charge is 2.16. The number of nitrogens with zero attached hydrogens (tertiary/aromatic N) is 5. The molecule has 0 aliphatic rings. The Kier molecular flexibility index (Phi) is 4.58. The Hall–Kier alpha value is -1.99. The van der Waals surface area contributed by atoms with E-state index in [4.69, 9.17) is 0 Å². The molecule has 23 heavy (non-hydrogen) atoms. The minimum atomic E-state index is 0.209. The zero-order valence-corrected chi connectivity index (χ0v) is 14.9. The van der Waals surface area contributed by atoms with E-state index in [1.54, 1.807) is 6.33 Å². The molecule has 0 radical (unpaired) electrons. The Morgan fingerprint density at radius 1 is 1.30 bits per heavy atom. The Morgan fingerprint density at radius 2 is 2.13 bits per heavy atom. The molecule has 1 unspecified atom stereocenters. The van der Waals surface area contributed by atoms with Gasteiger partial charge in [-0.15, -0.1) is 0 Å². The topological polar surface area (TPSA) is 58.9 Å². The van der Waals surface area contributed by atoms with E-state index in [0.29, 0.717) is 0 Å². The molecule has 2 aromatic heterocycles. The third-order valence-electron chi connectivity index (χ3n) is 3.79. The fourth-order valence-corrected chi connectivity index (χ4v) is 2.93. The molecule has 1 aromatic carbocycles. The molecule has 0 amide bonds. The van der Waals surface area contributed by atoms with Gasteiger partial charge in [0, 0.05) is 35.2 Å². The lowest BCUT2D eigenvalue weighted by Crippen LogP contribution is -2.26. The van der Waals surface area contributed by atoms with Crippen LogP contribution >= 0.6 is 15.9 Å². The molecule has 2 heterocycles. The Balaban J connectivity index is 1.85. The molecule has 7 heteroatoms. The molecule has 120 valence electrons. The maximum Gasteiger partial charge on any atom is 0.137 e. The van der Waals surface area contributed by atoms with Gasteiger partial charge in [0.15, 0.2) is 0 Å². The molecular formula is C16H19BrN6. The summed E-state index contributed by atoms with van der Waals surface area (Å²) in [6.45, 7) is 0.733. The van der Waals surface area contributed by atoms with Crippen molar-refractivity contribution in [2.45, 2.75) is 6.04 Å². The van der Waals surface area contributed by atoms with Gasteiger partial charge >= 0.3 is 0 Å². The van der Waals surface area contributed by atoms with Gasteiger partial charge in [0.25, 0.3) is 0 Å². The summed E-state index contributed by atoms with van der Waals surface area (Å²) in [5, 5.41) is 8.73. The lowest BCUT2D eigenvalue weighted by atomic mass is 10.1. The van der Waals surface area contributed by atoms with E-state index in [2.05, 4.69) is 55.3 Å². The molecule has 0 aliphatic carbocycles. The smallest absolute Gasteiger partial charge is 0.137 e. The number of fused-ring (bicyclic) bond motifs is 1. The van der Waals surface area contributed by atoms with Crippen molar-refractivity contribution in [3.63, 3.8) is 0 Å². The second-order valence-electron chi connectivity index (χ2n) is 5.69. The van der Waals surface area contributed by atoms with E-state index in [1.807, 2.05) is 42.3 Å². The van der Waals surface area contributed by atoms with Crippen molar-refractivity contribution in [2.75, 3.05) is 26.0 Å². The van der Waals surface area contributed by atoms with Crippen LogP contribution in [0.25, 0.3) is 10.9 Å². The third-order valence-corrected chi connectivity index (χ3v) is 4.29. The first-order valence-electron chi connectivity index (χ1n) is 7.33. The van der Waals surface area contributed by atoms with Crippen LogP contribution in [0.5, 0.6) is 0 Å². The lowest BCUT2D eigenvalue weighted by molar-refractivity contribution is 0.311. The van der Waals surface area contributed by atoms with Crippen molar-refractivity contribution in [1.29, 1.82) is 0 Å². The van der Waals surface area contributed by atoms with Crippen molar-refractivity contribution >= 4 is 32.7 Å². The molecule has 0 aliphatic heterocycles. The zero-order valence-electron chi connectivity index (χ0n) is 13.4. The van der Waals surface area contributed by atoms with Gasteiger partial charge in [-0.05, 0) is 32.3 Å². The fraction of sp³-hybridized carbons (Fsp3) is 0.312. The summed E-state index contributed by atoms with van der Waals surface area (Å²) in [5.74, 6) is 0.840.